The van der Waals surface area contributed by atoms with E-state index in [0.717, 1.165) is 25.7 Å². The summed E-state index contributed by atoms with van der Waals surface area (Å²) in [5.41, 5.74) is 0.623. The molecule has 4 amide bonds. The van der Waals surface area contributed by atoms with E-state index in [1.165, 1.54) is 153 Å². The standard InChI is InChI=1S/C77H134N4O27/c1-14-15-16-17-18-19-20-21-22-23-24-25-26-27-28-29-30-31-35-38-51(82)40-53(83)80-52(39-50-36-33-32-34-37-50)71(93)81-54(72(94)79-43(3)70(92)78-42(2)41-99-73-62(91)67(97-12)65(96-11)49(9)103-73)44(4)100-77-69(57(86)55(84)45(5)102-77)108-75-61(90)66(56(85)46(6)101-75)107-76-68(98-13)60(89)64(48(8)105-76)106-74-59(88)58(87)63(95-10)47(7)104-74/h32-34,36-37,42-49,51-52,54-69,73-77,82,84-91H,14-31,35,38-41H2,1-13H3,(H,78,92)(H,79,94)(H,80,83)(H,81,93)/t42-,43+,44+,45-,46-,47-,48-,49-,51+,52+,54+,55+,56-,57+,58-,59+,60+,61+,62+,63-,64+,65-,66+,67-,68-,69+,73+,74-,75-,76-,77+/m0/s1. The van der Waals surface area contributed by atoms with Crippen molar-refractivity contribution >= 4 is 23.6 Å². The van der Waals surface area contributed by atoms with Gasteiger partial charge in [-0.15, -0.1) is 0 Å². The lowest BCUT2D eigenvalue weighted by Crippen LogP contribution is -2.67. The van der Waals surface area contributed by atoms with E-state index in [9.17, 15) is 65.1 Å². The van der Waals surface area contributed by atoms with Gasteiger partial charge in [-0.25, -0.2) is 0 Å². The van der Waals surface area contributed by atoms with E-state index in [1.54, 1.807) is 51.1 Å². The van der Waals surface area contributed by atoms with Crippen LogP contribution in [-0.2, 0) is 91.9 Å². The molecule has 1 aromatic carbocycles. The Bertz CT molecular complexity index is 2710. The number of carbonyl (C=O) groups excluding carboxylic acids is 4. The number of ether oxygens (including phenoxy) is 14. The molecule has 0 spiro atoms. The van der Waals surface area contributed by atoms with Gasteiger partial charge in [0.05, 0.1) is 55.8 Å². The molecule has 31 atom stereocenters. The van der Waals surface area contributed by atoms with Crippen LogP contribution in [0.15, 0.2) is 30.3 Å². The molecule has 5 aliphatic rings. The monoisotopic (exact) mass is 1550 g/mol. The first-order valence-electron chi connectivity index (χ1n) is 39.6. The van der Waals surface area contributed by atoms with Crippen LogP contribution in [0, 0.1) is 0 Å². The predicted molar refractivity (Wildman–Crippen MR) is 392 cm³/mol. The zero-order chi connectivity index (χ0) is 79.3. The summed E-state index contributed by atoms with van der Waals surface area (Å²) in [5.74, 6) is -3.22. The number of unbranched alkanes of at least 4 members (excludes halogenated alkanes) is 18. The largest absolute Gasteiger partial charge is 0.393 e. The van der Waals surface area contributed by atoms with Crippen molar-refractivity contribution in [3.05, 3.63) is 35.9 Å². The van der Waals surface area contributed by atoms with Crippen LogP contribution < -0.4 is 21.3 Å². The van der Waals surface area contributed by atoms with Crippen molar-refractivity contribution < 1.29 is 131 Å². The Morgan fingerprint density at radius 2 is 0.889 bits per heavy atom. The minimum Gasteiger partial charge on any atom is -0.393 e. The molecular formula is C77H134N4O27. The number of amides is 4. The van der Waals surface area contributed by atoms with Gasteiger partial charge >= 0.3 is 0 Å². The highest BCUT2D eigenvalue weighted by molar-refractivity contribution is 5.94. The Morgan fingerprint density at radius 3 is 1.46 bits per heavy atom. The molecule has 5 fully saturated rings. The molecule has 108 heavy (non-hydrogen) atoms. The summed E-state index contributed by atoms with van der Waals surface area (Å²) >= 11 is 0. The molecule has 0 aromatic heterocycles. The maximum Gasteiger partial charge on any atom is 0.245 e. The van der Waals surface area contributed by atoms with Gasteiger partial charge in [0.2, 0.25) is 23.6 Å². The maximum absolute atomic E-state index is 15.0. The van der Waals surface area contributed by atoms with Gasteiger partial charge < -0.3 is 134 Å². The van der Waals surface area contributed by atoms with E-state index in [2.05, 4.69) is 28.2 Å². The van der Waals surface area contributed by atoms with Crippen LogP contribution in [0.3, 0.4) is 0 Å². The van der Waals surface area contributed by atoms with Gasteiger partial charge in [-0.1, -0.05) is 159 Å². The molecule has 6 rings (SSSR count). The lowest BCUT2D eigenvalue weighted by Gasteiger charge is -2.49. The highest BCUT2D eigenvalue weighted by Gasteiger charge is 2.56. The molecule has 0 radical (unpaired) electrons. The fourth-order valence-corrected chi connectivity index (χ4v) is 14.7. The van der Waals surface area contributed by atoms with Crippen LogP contribution in [0.4, 0.5) is 0 Å². The molecule has 624 valence electrons. The van der Waals surface area contributed by atoms with Crippen molar-refractivity contribution in [3.8, 4) is 0 Å². The molecule has 5 saturated heterocycles. The third-order valence-electron chi connectivity index (χ3n) is 21.4. The Balaban J connectivity index is 1.13. The molecule has 31 nitrogen and oxygen atoms in total. The normalized spacial score (nSPS) is 34.9. The van der Waals surface area contributed by atoms with Gasteiger partial charge in [-0.2, -0.15) is 0 Å². The summed E-state index contributed by atoms with van der Waals surface area (Å²) in [6, 6.07) is 3.54. The van der Waals surface area contributed by atoms with E-state index < -0.39 is 214 Å². The molecule has 5 heterocycles. The summed E-state index contributed by atoms with van der Waals surface area (Å²) < 4.78 is 82.8. The Kier molecular flexibility index (Phi) is 41.1. The van der Waals surface area contributed by atoms with Crippen LogP contribution in [0.2, 0.25) is 0 Å². The minimum absolute atomic E-state index is 0.0859. The van der Waals surface area contributed by atoms with Crippen molar-refractivity contribution in [3.63, 3.8) is 0 Å². The van der Waals surface area contributed by atoms with Gasteiger partial charge in [0, 0.05) is 40.9 Å². The summed E-state index contributed by atoms with van der Waals surface area (Å²) in [5, 5.41) is 113. The topological polar surface area (TPSA) is 428 Å². The van der Waals surface area contributed by atoms with Crippen molar-refractivity contribution in [2.45, 2.75) is 393 Å². The first-order chi connectivity index (χ1) is 51.6. The number of nitrogens with one attached hydrogen (secondary N) is 4. The molecule has 13 N–H and O–H groups in total. The fourth-order valence-electron chi connectivity index (χ4n) is 14.7. The number of benzene rings is 1. The molecule has 0 unspecified atom stereocenters. The number of hydrogen-bond donors (Lipinski definition) is 13. The quantitative estimate of drug-likeness (QED) is 0.0417. The van der Waals surface area contributed by atoms with Crippen LogP contribution in [-0.4, -0.2) is 295 Å². The molecule has 1 aromatic rings. The zero-order valence-electron chi connectivity index (χ0n) is 65.9. The summed E-state index contributed by atoms with van der Waals surface area (Å²) in [6.07, 6.45) is -13.3. The van der Waals surface area contributed by atoms with Crippen molar-refractivity contribution in [2.75, 3.05) is 35.0 Å². The van der Waals surface area contributed by atoms with E-state index >= 15 is 0 Å². The molecule has 5 aliphatic heterocycles. The first-order valence-corrected chi connectivity index (χ1v) is 39.6. The fraction of sp³-hybridized carbons (Fsp3) is 0.870. The Labute approximate surface area is 638 Å². The molecule has 0 saturated carbocycles. The van der Waals surface area contributed by atoms with Crippen molar-refractivity contribution in [1.82, 2.24) is 21.3 Å². The van der Waals surface area contributed by atoms with E-state index in [-0.39, 0.29) is 19.4 Å². The van der Waals surface area contributed by atoms with Gasteiger partial charge in [-0.3, -0.25) is 19.2 Å². The number of aliphatic hydroxyl groups excluding tert-OH is 9. The van der Waals surface area contributed by atoms with Crippen LogP contribution in [0.25, 0.3) is 0 Å². The second kappa shape index (κ2) is 47.8. The second-order valence-corrected chi connectivity index (χ2v) is 30.2. The third-order valence-corrected chi connectivity index (χ3v) is 21.4. The molecule has 0 bridgehead atoms. The summed E-state index contributed by atoms with van der Waals surface area (Å²) in [6.45, 7) is 14.1. The number of aliphatic hydroxyl groups is 9. The van der Waals surface area contributed by atoms with E-state index in [1.807, 2.05) is 0 Å². The minimum atomic E-state index is -1.97. The highest BCUT2D eigenvalue weighted by atomic mass is 16.8. The number of rotatable bonds is 47. The third kappa shape index (κ3) is 27.7. The number of hydrogen-bond acceptors (Lipinski definition) is 27. The second-order valence-electron chi connectivity index (χ2n) is 30.2. The molecule has 0 aliphatic carbocycles. The van der Waals surface area contributed by atoms with Gasteiger partial charge in [0.25, 0.3) is 0 Å². The summed E-state index contributed by atoms with van der Waals surface area (Å²) in [7, 11) is 5.47. The van der Waals surface area contributed by atoms with Crippen LogP contribution in [0.5, 0.6) is 0 Å². The van der Waals surface area contributed by atoms with Gasteiger partial charge in [-0.05, 0) is 67.4 Å². The lowest BCUT2D eigenvalue weighted by atomic mass is 9.96. The van der Waals surface area contributed by atoms with Crippen LogP contribution in [0.1, 0.15) is 203 Å². The number of carbonyl (C=O) groups is 4. The first kappa shape index (κ1) is 93.0. The zero-order valence-corrected chi connectivity index (χ0v) is 65.9. The lowest BCUT2D eigenvalue weighted by molar-refractivity contribution is -0.390. The van der Waals surface area contributed by atoms with Gasteiger partial charge in [0.15, 0.2) is 31.5 Å². The molecular weight excluding hydrogens is 1410 g/mol. The Hall–Kier alpha value is -3.82. The van der Waals surface area contributed by atoms with Gasteiger partial charge in [0.1, 0.15) is 110 Å². The van der Waals surface area contributed by atoms with Crippen molar-refractivity contribution in [2.24, 2.45) is 0 Å². The van der Waals surface area contributed by atoms with E-state index in [4.69, 9.17) is 66.3 Å². The molecule has 31 heteroatoms. The smallest absolute Gasteiger partial charge is 0.245 e. The average Bonchev–Trinajstić information content (AvgIpc) is 0.776. The van der Waals surface area contributed by atoms with E-state index in [0.29, 0.717) is 18.4 Å². The van der Waals surface area contributed by atoms with Crippen molar-refractivity contribution in [1.29, 1.82) is 0 Å². The Morgan fingerprint density at radius 1 is 0.426 bits per heavy atom. The number of methoxy groups -OCH3 is 4. The predicted octanol–water partition coefficient (Wildman–Crippen LogP) is 3.03. The van der Waals surface area contributed by atoms with Crippen LogP contribution >= 0.6 is 0 Å². The highest BCUT2D eigenvalue weighted by Crippen LogP contribution is 2.36. The average molecular weight is 1550 g/mol. The SMILES string of the molecule is CCCCCCCCCCCCCCCCCCCCC[C@@H](O)CC(=O)N[C@H](Cc1ccccc1)C(=O)N[C@@H](C(=O)N[C@H](C)C(=O)N[C@@H](C)CO[C@@H]1O[C@@H](C)[C@H](OC)[C@@H](OC)[C@H]1O)[C@@H](C)O[C@@H]1O[C@@H](C)[C@@H](O)[C@@H](O)[C@H]1O[C@@H]1O[C@@H](C)[C@H](O)[C@@H](O[C@@H]2O[C@@H](C)[C@@H](O[C@@H]3O[C@@H](C)[C@H](OC)[C@@H](O)[C@H]3O)[C@@H](O)[C@@H]2OC)[C@H]1O. The summed E-state index contributed by atoms with van der Waals surface area (Å²) in [4.78, 5) is 57.8. The maximum atomic E-state index is 15.0.